The van der Waals surface area contributed by atoms with E-state index in [1.54, 1.807) is 0 Å². The minimum Gasteiger partial charge on any atom is -0.455 e. The molecule has 0 radical (unpaired) electrons. The molecule has 0 N–H and O–H groups in total. The summed E-state index contributed by atoms with van der Waals surface area (Å²) in [7, 11) is 0. The van der Waals surface area contributed by atoms with Gasteiger partial charge in [-0.1, -0.05) is 309 Å². The summed E-state index contributed by atoms with van der Waals surface area (Å²) in [5.74, 6) is 0. The first kappa shape index (κ1) is 55.6. The first-order valence-electron chi connectivity index (χ1n) is 33.8. The zero-order valence-corrected chi connectivity index (χ0v) is 53.3. The van der Waals surface area contributed by atoms with E-state index in [1.807, 2.05) is 6.07 Å². The molecule has 0 unspecified atom stereocenters. The van der Waals surface area contributed by atoms with Gasteiger partial charge in [-0.25, -0.2) is 0 Å². The van der Waals surface area contributed by atoms with Gasteiger partial charge in [0.05, 0.1) is 0 Å². The first-order chi connectivity index (χ1) is 48.6. The van der Waals surface area contributed by atoms with Gasteiger partial charge >= 0.3 is 0 Å². The number of para-hydroxylation sites is 1. The summed E-state index contributed by atoms with van der Waals surface area (Å²) in [5, 5.41) is 18.9. The third-order valence-electron chi connectivity index (χ3n) is 20.7. The van der Waals surface area contributed by atoms with Gasteiger partial charge in [0.15, 0.2) is 0 Å². The van der Waals surface area contributed by atoms with E-state index < -0.39 is 0 Å². The van der Waals surface area contributed by atoms with Crippen LogP contribution in [-0.2, 0) is 0 Å². The van der Waals surface area contributed by atoms with E-state index in [9.17, 15) is 0 Å². The summed E-state index contributed by atoms with van der Waals surface area (Å²) >= 11 is 0. The van der Waals surface area contributed by atoms with Crippen molar-refractivity contribution in [3.05, 3.63) is 352 Å². The van der Waals surface area contributed by atoms with Gasteiger partial charge < -0.3 is 8.83 Å². The van der Waals surface area contributed by atoms with E-state index in [0.717, 1.165) is 87.9 Å². The fourth-order valence-corrected chi connectivity index (χ4v) is 16.2. The Hall–Kier alpha value is -12.9. The third-order valence-corrected chi connectivity index (χ3v) is 20.7. The van der Waals surface area contributed by atoms with Gasteiger partial charge in [0.2, 0.25) is 0 Å². The lowest BCUT2D eigenvalue weighted by Gasteiger charge is -2.20. The zero-order valence-electron chi connectivity index (χ0n) is 53.3. The van der Waals surface area contributed by atoms with E-state index in [-0.39, 0.29) is 0 Å². The molecule has 2 aromatic heterocycles. The van der Waals surface area contributed by atoms with Crippen molar-refractivity contribution in [2.45, 2.75) is 0 Å². The molecule has 0 atom stereocenters. The second-order valence-corrected chi connectivity index (χ2v) is 26.0. The van der Waals surface area contributed by atoms with Crippen molar-refractivity contribution in [2.24, 2.45) is 0 Å². The lowest BCUT2D eigenvalue weighted by molar-refractivity contribution is 0.672. The highest BCUT2D eigenvalue weighted by Gasteiger charge is 2.23. The van der Waals surface area contributed by atoms with Crippen LogP contribution in [-0.4, -0.2) is 0 Å². The summed E-state index contributed by atoms with van der Waals surface area (Å²) in [6.07, 6.45) is 0. The Balaban J connectivity index is 0.635. The number of rotatable bonds is 9. The van der Waals surface area contributed by atoms with E-state index in [0.29, 0.717) is 0 Å². The van der Waals surface area contributed by atoms with Gasteiger partial charge in [0.1, 0.15) is 22.3 Å². The van der Waals surface area contributed by atoms with Crippen LogP contribution in [0.3, 0.4) is 0 Å². The first-order valence-corrected chi connectivity index (χ1v) is 33.8. The van der Waals surface area contributed by atoms with Crippen molar-refractivity contribution >= 4 is 109 Å². The fraction of sp³-hybridized carbons (Fsp3) is 0. The van der Waals surface area contributed by atoms with Crippen molar-refractivity contribution in [3.8, 4) is 100 Å². The van der Waals surface area contributed by atoms with Gasteiger partial charge in [-0.3, -0.25) is 0 Å². The van der Waals surface area contributed by atoms with Crippen molar-refractivity contribution < 1.29 is 8.83 Å². The van der Waals surface area contributed by atoms with Crippen LogP contribution < -0.4 is 0 Å². The Morgan fingerprint density at radius 3 is 0.929 bits per heavy atom. The Kier molecular flexibility index (Phi) is 12.7. The lowest BCUT2D eigenvalue weighted by Crippen LogP contribution is -1.92. The van der Waals surface area contributed by atoms with Crippen LogP contribution in [0, 0.1) is 0 Å². The highest BCUT2D eigenvalue weighted by Crippen LogP contribution is 2.50. The van der Waals surface area contributed by atoms with E-state index in [4.69, 9.17) is 8.83 Å². The number of hydrogen-bond donors (Lipinski definition) is 0. The molecule has 18 aromatic carbocycles. The van der Waals surface area contributed by atoms with E-state index >= 15 is 0 Å². The van der Waals surface area contributed by atoms with Crippen molar-refractivity contribution in [2.75, 3.05) is 0 Å². The molecule has 454 valence electrons. The minimum atomic E-state index is 0.865. The highest BCUT2D eigenvalue weighted by atomic mass is 16.3. The topological polar surface area (TPSA) is 26.3 Å². The third kappa shape index (κ3) is 8.82. The Morgan fingerprint density at radius 1 is 0.133 bits per heavy atom. The molecule has 0 aliphatic rings. The second kappa shape index (κ2) is 22.4. The molecule has 0 amide bonds. The van der Waals surface area contributed by atoms with Crippen LogP contribution >= 0.6 is 0 Å². The predicted molar refractivity (Wildman–Crippen MR) is 415 cm³/mol. The molecule has 0 aliphatic carbocycles. The second-order valence-electron chi connectivity index (χ2n) is 26.0. The average molecular weight is 1240 g/mol. The van der Waals surface area contributed by atoms with Crippen LogP contribution in [0.2, 0.25) is 0 Å². The highest BCUT2D eigenvalue weighted by molar-refractivity contribution is 6.25. The van der Waals surface area contributed by atoms with Crippen molar-refractivity contribution in [3.63, 3.8) is 0 Å². The number of benzene rings is 18. The summed E-state index contributed by atoms with van der Waals surface area (Å²) in [4.78, 5) is 0. The van der Waals surface area contributed by atoms with Crippen molar-refractivity contribution in [1.29, 1.82) is 0 Å². The molecule has 98 heavy (non-hydrogen) atoms. The molecule has 0 bridgehead atoms. The summed E-state index contributed by atoms with van der Waals surface area (Å²) < 4.78 is 13.5. The number of fused-ring (bicyclic) bond motifs is 14. The maximum atomic E-state index is 6.99. The Bertz CT molecular complexity index is 6530. The maximum Gasteiger partial charge on any atom is 0.143 e. The molecule has 0 spiro atoms. The summed E-state index contributed by atoms with van der Waals surface area (Å²) in [5.41, 5.74) is 25.0. The van der Waals surface area contributed by atoms with Gasteiger partial charge in [-0.15, -0.1) is 0 Å². The van der Waals surface area contributed by atoms with Crippen LogP contribution in [0.25, 0.3) is 209 Å². The average Bonchev–Trinajstić information content (AvgIpc) is 0.910. The SMILES string of the molecule is c1ccc(-c2ccccc2-c2c3ccccc3c(-c3ccc(-c4cc5c6ccc(-c7cccc(-c8cccc(-c9c%10ccccc%10c(-c%10ccc(-c%11cc%12c%13ccccc%13oc%12c%12ccccc%11%12)cc%10)c%10ccccc9%10)c8)c7)cc6oc5c5ccccc45)cc3)c3ccccc23)cc1. The predicted octanol–water partition coefficient (Wildman–Crippen LogP) is 27.4. The summed E-state index contributed by atoms with van der Waals surface area (Å²) in [6.45, 7) is 0. The largest absolute Gasteiger partial charge is 0.455 e. The zero-order chi connectivity index (χ0) is 64.4. The Morgan fingerprint density at radius 2 is 0.439 bits per heavy atom. The van der Waals surface area contributed by atoms with E-state index in [1.165, 1.54) is 121 Å². The standard InChI is InChI=1S/C96H58O2/c1-2-22-59(23-3-1)69-28-4-7-32-74(69)94-81-39-14-12-37-79(81)92(80-38-13-15-40-82(80)94)63-50-46-61(47-51-63)86-58-88-73-53-52-67(56-90(73)98-96(88)84-42-17-6-30-71(84)86)65-25-20-24-64(54-65)66-26-21-27-68(55-66)93-77-35-10-8-33-75(77)91(76-34-9-11-36-78(76)93)62-48-44-60(45-49-62)85-57-87-72-31-18-19-43-89(72)97-95(87)83-41-16-5-29-70(83)85/h1-58H. The number of hydrogen-bond acceptors (Lipinski definition) is 2. The van der Waals surface area contributed by atoms with Gasteiger partial charge in [-0.05, 0) is 196 Å². The molecule has 0 fully saturated rings. The van der Waals surface area contributed by atoms with Gasteiger partial charge in [0.25, 0.3) is 0 Å². The van der Waals surface area contributed by atoms with Crippen LogP contribution in [0.1, 0.15) is 0 Å². The molecular formula is C96H58O2. The molecule has 2 heterocycles. The smallest absolute Gasteiger partial charge is 0.143 e. The monoisotopic (exact) mass is 1240 g/mol. The minimum absolute atomic E-state index is 0.865. The van der Waals surface area contributed by atoms with Gasteiger partial charge in [-0.2, -0.15) is 0 Å². The fourth-order valence-electron chi connectivity index (χ4n) is 16.2. The maximum absolute atomic E-state index is 6.99. The number of furan rings is 2. The molecule has 2 nitrogen and oxygen atoms in total. The molecule has 2 heteroatoms. The summed E-state index contributed by atoms with van der Waals surface area (Å²) in [6, 6.07) is 129. The molecule has 0 aliphatic heterocycles. The molecular weight excluding hydrogens is 1190 g/mol. The van der Waals surface area contributed by atoms with Crippen molar-refractivity contribution in [1.82, 2.24) is 0 Å². The Labute approximate surface area is 565 Å². The molecule has 0 saturated heterocycles. The van der Waals surface area contributed by atoms with Crippen LogP contribution in [0.15, 0.2) is 361 Å². The molecule has 0 saturated carbocycles. The molecule has 20 aromatic rings. The van der Waals surface area contributed by atoms with Crippen LogP contribution in [0.5, 0.6) is 0 Å². The van der Waals surface area contributed by atoms with Crippen LogP contribution in [0.4, 0.5) is 0 Å². The van der Waals surface area contributed by atoms with Gasteiger partial charge in [0, 0.05) is 32.3 Å². The van der Waals surface area contributed by atoms with E-state index in [2.05, 4.69) is 346 Å². The molecule has 20 rings (SSSR count). The lowest BCUT2D eigenvalue weighted by atomic mass is 9.83. The quantitative estimate of drug-likeness (QED) is 0.135. The normalized spacial score (nSPS) is 11.9.